The Bertz CT molecular complexity index is 448. The number of nitrogens with one attached hydrogen (secondary N) is 1. The smallest absolute Gasteiger partial charge is 0.252 e. The summed E-state index contributed by atoms with van der Waals surface area (Å²) < 4.78 is 11.9. The SMILES string of the molecule is Cc1cccc(C(=O)NC(C)CS(C)=O)c1Br. The molecule has 0 aromatic heterocycles. The van der Waals surface area contributed by atoms with Crippen LogP contribution in [0.5, 0.6) is 0 Å². The first-order valence-electron chi connectivity index (χ1n) is 5.27. The molecule has 1 amide bonds. The molecule has 1 aromatic rings. The van der Waals surface area contributed by atoms with Gasteiger partial charge in [-0.05, 0) is 41.4 Å². The van der Waals surface area contributed by atoms with Crippen LogP contribution in [0.1, 0.15) is 22.8 Å². The molecule has 0 heterocycles. The molecule has 1 N–H and O–H groups in total. The Morgan fingerprint density at radius 1 is 1.53 bits per heavy atom. The van der Waals surface area contributed by atoms with E-state index in [0.717, 1.165) is 10.0 Å². The van der Waals surface area contributed by atoms with Crippen LogP contribution in [0, 0.1) is 6.92 Å². The van der Waals surface area contributed by atoms with Crippen LogP contribution in [0.15, 0.2) is 22.7 Å². The highest BCUT2D eigenvalue weighted by atomic mass is 79.9. The molecule has 0 spiro atoms. The predicted octanol–water partition coefficient (Wildman–Crippen LogP) is 2.25. The summed E-state index contributed by atoms with van der Waals surface area (Å²) in [7, 11) is -0.905. The third-order valence-electron chi connectivity index (χ3n) is 2.30. The second-order valence-electron chi connectivity index (χ2n) is 4.05. The Hall–Kier alpha value is -0.680. The Labute approximate surface area is 113 Å². The van der Waals surface area contributed by atoms with Crippen LogP contribution in [0.25, 0.3) is 0 Å². The van der Waals surface area contributed by atoms with Crippen molar-refractivity contribution in [3.63, 3.8) is 0 Å². The number of hydrogen-bond acceptors (Lipinski definition) is 2. The highest BCUT2D eigenvalue weighted by Crippen LogP contribution is 2.20. The molecular formula is C12H16BrNO2S. The molecule has 3 nitrogen and oxygen atoms in total. The molecule has 1 aromatic carbocycles. The summed E-state index contributed by atoms with van der Waals surface area (Å²) in [6, 6.07) is 5.45. The first-order valence-corrected chi connectivity index (χ1v) is 7.80. The van der Waals surface area contributed by atoms with Crippen LogP contribution in [-0.2, 0) is 10.8 Å². The third kappa shape index (κ3) is 4.24. The van der Waals surface area contributed by atoms with Crippen LogP contribution in [0.3, 0.4) is 0 Å². The van der Waals surface area contributed by atoms with Gasteiger partial charge in [-0.3, -0.25) is 9.00 Å². The first kappa shape index (κ1) is 14.4. The van der Waals surface area contributed by atoms with Gasteiger partial charge in [0, 0.05) is 33.3 Å². The predicted molar refractivity (Wildman–Crippen MR) is 74.7 cm³/mol. The minimum absolute atomic E-state index is 0.0965. The number of hydrogen-bond donors (Lipinski definition) is 1. The van der Waals surface area contributed by atoms with Crippen molar-refractivity contribution in [3.05, 3.63) is 33.8 Å². The Morgan fingerprint density at radius 3 is 2.76 bits per heavy atom. The summed E-state index contributed by atoms with van der Waals surface area (Å²) in [5, 5.41) is 2.83. The maximum Gasteiger partial charge on any atom is 0.252 e. The molecule has 0 saturated carbocycles. The molecule has 94 valence electrons. The zero-order valence-electron chi connectivity index (χ0n) is 10.1. The van der Waals surface area contributed by atoms with Crippen molar-refractivity contribution in [2.24, 2.45) is 0 Å². The fourth-order valence-corrected chi connectivity index (χ4v) is 2.75. The largest absolute Gasteiger partial charge is 0.349 e. The average molecular weight is 318 g/mol. The summed E-state index contributed by atoms with van der Waals surface area (Å²) in [6.45, 7) is 3.79. The van der Waals surface area contributed by atoms with E-state index in [1.165, 1.54) is 0 Å². The van der Waals surface area contributed by atoms with Gasteiger partial charge in [-0.15, -0.1) is 0 Å². The van der Waals surface area contributed by atoms with Gasteiger partial charge in [0.15, 0.2) is 0 Å². The number of rotatable bonds is 4. The minimum atomic E-state index is -0.905. The number of benzene rings is 1. The van der Waals surface area contributed by atoms with E-state index >= 15 is 0 Å². The maximum atomic E-state index is 12.0. The van der Waals surface area contributed by atoms with Gasteiger partial charge >= 0.3 is 0 Å². The zero-order valence-corrected chi connectivity index (χ0v) is 12.5. The fourth-order valence-electron chi connectivity index (χ4n) is 1.52. The van der Waals surface area contributed by atoms with E-state index < -0.39 is 10.8 Å². The van der Waals surface area contributed by atoms with Crippen LogP contribution in [0.2, 0.25) is 0 Å². The van der Waals surface area contributed by atoms with Crippen molar-refractivity contribution in [2.45, 2.75) is 19.9 Å². The topological polar surface area (TPSA) is 46.2 Å². The zero-order chi connectivity index (χ0) is 13.0. The average Bonchev–Trinajstić information content (AvgIpc) is 2.20. The molecule has 5 heteroatoms. The highest BCUT2D eigenvalue weighted by Gasteiger charge is 2.14. The summed E-state index contributed by atoms with van der Waals surface area (Å²) in [5.41, 5.74) is 1.63. The molecule has 17 heavy (non-hydrogen) atoms. The lowest BCUT2D eigenvalue weighted by molar-refractivity contribution is 0.0943. The van der Waals surface area contributed by atoms with Crippen molar-refractivity contribution in [1.82, 2.24) is 5.32 Å². The molecular weight excluding hydrogens is 302 g/mol. The van der Waals surface area contributed by atoms with Crippen molar-refractivity contribution < 1.29 is 9.00 Å². The number of amides is 1. The van der Waals surface area contributed by atoms with Crippen LogP contribution in [-0.4, -0.2) is 28.2 Å². The molecule has 0 aliphatic rings. The Morgan fingerprint density at radius 2 is 2.18 bits per heavy atom. The van der Waals surface area contributed by atoms with Gasteiger partial charge in [-0.25, -0.2) is 0 Å². The lowest BCUT2D eigenvalue weighted by atomic mass is 10.1. The Balaban J connectivity index is 2.77. The van der Waals surface area contributed by atoms with Crippen molar-refractivity contribution >= 4 is 32.6 Å². The molecule has 0 fully saturated rings. The lowest BCUT2D eigenvalue weighted by Crippen LogP contribution is -2.36. The van der Waals surface area contributed by atoms with Crippen LogP contribution >= 0.6 is 15.9 Å². The van der Waals surface area contributed by atoms with E-state index in [1.807, 2.05) is 26.0 Å². The summed E-state index contributed by atoms with van der Waals surface area (Å²) >= 11 is 3.40. The number of carbonyl (C=O) groups is 1. The molecule has 2 unspecified atom stereocenters. The van der Waals surface area contributed by atoms with Gasteiger partial charge in [0.05, 0.1) is 5.56 Å². The summed E-state index contributed by atoms with van der Waals surface area (Å²) in [6.07, 6.45) is 1.63. The Kier molecular flexibility index (Phi) is 5.33. The van der Waals surface area contributed by atoms with E-state index in [2.05, 4.69) is 21.2 Å². The first-order chi connectivity index (χ1) is 7.91. The quantitative estimate of drug-likeness (QED) is 0.925. The fraction of sp³-hybridized carbons (Fsp3) is 0.417. The van der Waals surface area contributed by atoms with Gasteiger partial charge < -0.3 is 5.32 Å². The van der Waals surface area contributed by atoms with Crippen molar-refractivity contribution in [1.29, 1.82) is 0 Å². The monoisotopic (exact) mass is 317 g/mol. The third-order valence-corrected chi connectivity index (χ3v) is 4.32. The number of halogens is 1. The minimum Gasteiger partial charge on any atom is -0.349 e. The second kappa shape index (κ2) is 6.31. The highest BCUT2D eigenvalue weighted by molar-refractivity contribution is 9.10. The number of carbonyl (C=O) groups excluding carboxylic acids is 1. The van der Waals surface area contributed by atoms with Gasteiger partial charge in [-0.1, -0.05) is 12.1 Å². The molecule has 1 rings (SSSR count). The van der Waals surface area contributed by atoms with Crippen molar-refractivity contribution in [2.75, 3.05) is 12.0 Å². The van der Waals surface area contributed by atoms with Crippen LogP contribution in [0.4, 0.5) is 0 Å². The summed E-state index contributed by atoms with van der Waals surface area (Å²) in [4.78, 5) is 12.0. The van der Waals surface area contributed by atoms with Gasteiger partial charge in [0.2, 0.25) is 0 Å². The number of aryl methyl sites for hydroxylation is 1. The van der Waals surface area contributed by atoms with Gasteiger partial charge in [0.25, 0.3) is 5.91 Å². The van der Waals surface area contributed by atoms with E-state index in [1.54, 1.807) is 12.3 Å². The van der Waals surface area contributed by atoms with Gasteiger partial charge in [-0.2, -0.15) is 0 Å². The van der Waals surface area contributed by atoms with Gasteiger partial charge in [0.1, 0.15) is 0 Å². The molecule has 0 saturated heterocycles. The van der Waals surface area contributed by atoms with E-state index in [4.69, 9.17) is 0 Å². The molecule has 0 aliphatic carbocycles. The van der Waals surface area contributed by atoms with E-state index in [9.17, 15) is 9.00 Å². The normalized spacial score (nSPS) is 14.1. The lowest BCUT2D eigenvalue weighted by Gasteiger charge is -2.13. The van der Waals surface area contributed by atoms with E-state index in [0.29, 0.717) is 11.3 Å². The molecule has 0 radical (unpaired) electrons. The van der Waals surface area contributed by atoms with Crippen molar-refractivity contribution in [3.8, 4) is 0 Å². The molecule has 0 bridgehead atoms. The second-order valence-corrected chi connectivity index (χ2v) is 6.32. The molecule has 2 atom stereocenters. The van der Waals surface area contributed by atoms with Crippen LogP contribution < -0.4 is 5.32 Å². The van der Waals surface area contributed by atoms with E-state index in [-0.39, 0.29) is 11.9 Å². The molecule has 0 aliphatic heterocycles. The maximum absolute atomic E-state index is 12.0. The standard InChI is InChI=1S/C12H16BrNO2S/c1-8-5-4-6-10(11(8)13)12(15)14-9(2)7-17(3)16/h4-6,9H,7H2,1-3H3,(H,14,15). The summed E-state index contributed by atoms with van der Waals surface area (Å²) in [5.74, 6) is 0.327.